The van der Waals surface area contributed by atoms with E-state index in [4.69, 9.17) is 0 Å². The van der Waals surface area contributed by atoms with Gasteiger partial charge in [0.25, 0.3) is 11.1 Å². The van der Waals surface area contributed by atoms with Gasteiger partial charge in [-0.25, -0.2) is 9.97 Å². The molecule has 142 valence electrons. The van der Waals surface area contributed by atoms with Gasteiger partial charge in [0.15, 0.2) is 5.16 Å². The van der Waals surface area contributed by atoms with Crippen LogP contribution in [0.5, 0.6) is 0 Å². The Morgan fingerprint density at radius 1 is 1.25 bits per heavy atom. The van der Waals surface area contributed by atoms with Gasteiger partial charge in [-0.1, -0.05) is 48.2 Å². The van der Waals surface area contributed by atoms with Crippen molar-refractivity contribution < 1.29 is 0 Å². The average Bonchev–Trinajstić information content (AvgIpc) is 3.13. The molecule has 0 N–H and O–H groups in total. The molecule has 28 heavy (non-hydrogen) atoms. The first-order valence-corrected chi connectivity index (χ1v) is 10.5. The summed E-state index contributed by atoms with van der Waals surface area (Å²) in [6.07, 6.45) is 2.43. The molecular weight excluding hydrogens is 394 g/mol. The number of aromatic nitrogens is 5. The average molecular weight is 412 g/mol. The first-order valence-electron chi connectivity index (χ1n) is 8.72. The predicted molar refractivity (Wildman–Crippen MR) is 112 cm³/mol. The topological polar surface area (TPSA) is 82.2 Å². The van der Waals surface area contributed by atoms with Crippen LogP contribution in [0.3, 0.4) is 0 Å². The molecular formula is C19H17N5O2S2. The van der Waals surface area contributed by atoms with Crippen molar-refractivity contribution in [2.45, 2.75) is 30.8 Å². The van der Waals surface area contributed by atoms with Gasteiger partial charge in [-0.2, -0.15) is 9.61 Å². The van der Waals surface area contributed by atoms with Crippen LogP contribution in [0.25, 0.3) is 15.9 Å². The number of thioether (sulfide) groups is 1. The maximum absolute atomic E-state index is 12.8. The summed E-state index contributed by atoms with van der Waals surface area (Å²) in [4.78, 5) is 34.9. The lowest BCUT2D eigenvalue weighted by Crippen LogP contribution is -2.22. The summed E-state index contributed by atoms with van der Waals surface area (Å²) in [6, 6.07) is 8.75. The lowest BCUT2D eigenvalue weighted by molar-refractivity contribution is 0.671. The Balaban J connectivity index is 1.71. The molecule has 0 fully saturated rings. The van der Waals surface area contributed by atoms with E-state index in [9.17, 15) is 9.59 Å². The molecule has 4 rings (SSSR count). The first-order chi connectivity index (χ1) is 13.6. The SMILES string of the molecule is C=CCn1c(SCc2cc(=O)n3nc(CC)sc3n2)nc2ccccc2c1=O. The normalized spacial score (nSPS) is 11.3. The Labute approximate surface area is 168 Å². The minimum atomic E-state index is -0.202. The highest BCUT2D eigenvalue weighted by molar-refractivity contribution is 7.98. The van der Waals surface area contributed by atoms with E-state index in [1.165, 1.54) is 33.7 Å². The number of benzene rings is 1. The second-order valence-corrected chi connectivity index (χ2v) is 8.02. The van der Waals surface area contributed by atoms with Crippen molar-refractivity contribution in [2.24, 2.45) is 0 Å². The molecule has 9 heteroatoms. The van der Waals surface area contributed by atoms with Crippen LogP contribution in [-0.4, -0.2) is 24.1 Å². The zero-order valence-electron chi connectivity index (χ0n) is 15.2. The van der Waals surface area contributed by atoms with Crippen LogP contribution in [-0.2, 0) is 18.7 Å². The summed E-state index contributed by atoms with van der Waals surface area (Å²) in [5.41, 5.74) is 0.973. The van der Waals surface area contributed by atoms with Gasteiger partial charge in [0.1, 0.15) is 5.01 Å². The Morgan fingerprint density at radius 3 is 2.86 bits per heavy atom. The minimum absolute atomic E-state index is 0.105. The second-order valence-electron chi connectivity index (χ2n) is 6.03. The standard InChI is InChI=1S/C19H17N5O2S2/c1-3-9-23-17(26)13-7-5-6-8-14(13)21-18(23)27-11-12-10-16(25)24-19(20-12)28-15(4-2)22-24/h3,5-8,10H,1,4,9,11H2,2H3. The fourth-order valence-corrected chi connectivity index (χ4v) is 4.56. The molecule has 0 unspecified atom stereocenters. The number of rotatable bonds is 6. The molecule has 0 aliphatic rings. The maximum Gasteiger partial charge on any atom is 0.275 e. The van der Waals surface area contributed by atoms with Crippen LogP contribution in [0.2, 0.25) is 0 Å². The number of hydrogen-bond donors (Lipinski definition) is 0. The van der Waals surface area contributed by atoms with Crippen molar-refractivity contribution in [3.8, 4) is 0 Å². The Hall–Kier alpha value is -2.78. The molecule has 0 bridgehead atoms. The molecule has 0 saturated carbocycles. The van der Waals surface area contributed by atoms with Gasteiger partial charge in [-0.05, 0) is 18.6 Å². The van der Waals surface area contributed by atoms with E-state index < -0.39 is 0 Å². The van der Waals surface area contributed by atoms with Crippen LogP contribution >= 0.6 is 23.1 Å². The molecule has 7 nitrogen and oxygen atoms in total. The van der Waals surface area contributed by atoms with Crippen LogP contribution in [0.4, 0.5) is 0 Å². The fraction of sp³-hybridized carbons (Fsp3) is 0.211. The number of hydrogen-bond acceptors (Lipinski definition) is 7. The van der Waals surface area contributed by atoms with E-state index in [0.717, 1.165) is 11.4 Å². The maximum atomic E-state index is 12.8. The van der Waals surface area contributed by atoms with E-state index in [2.05, 4.69) is 21.6 Å². The largest absolute Gasteiger partial charge is 0.283 e. The van der Waals surface area contributed by atoms with E-state index >= 15 is 0 Å². The monoisotopic (exact) mass is 411 g/mol. The van der Waals surface area contributed by atoms with Crippen LogP contribution in [0.1, 0.15) is 17.6 Å². The summed E-state index contributed by atoms with van der Waals surface area (Å²) in [6.45, 7) is 6.09. The highest BCUT2D eigenvalue weighted by Gasteiger charge is 2.13. The summed E-state index contributed by atoms with van der Waals surface area (Å²) in [5.74, 6) is 0.424. The van der Waals surface area contributed by atoms with Crippen molar-refractivity contribution >= 4 is 39.0 Å². The molecule has 4 aromatic rings. The van der Waals surface area contributed by atoms with Gasteiger partial charge in [0.2, 0.25) is 4.96 Å². The van der Waals surface area contributed by atoms with Gasteiger partial charge < -0.3 is 0 Å². The molecule has 0 aliphatic carbocycles. The van der Waals surface area contributed by atoms with Gasteiger partial charge >= 0.3 is 0 Å². The van der Waals surface area contributed by atoms with Crippen molar-refractivity contribution in [2.75, 3.05) is 0 Å². The van der Waals surface area contributed by atoms with Crippen LogP contribution in [0.15, 0.2) is 57.7 Å². The van der Waals surface area contributed by atoms with Gasteiger partial charge in [-0.15, -0.1) is 6.58 Å². The van der Waals surface area contributed by atoms with Gasteiger partial charge in [0.05, 0.1) is 16.6 Å². The Kier molecular flexibility index (Phi) is 5.10. The number of para-hydroxylation sites is 1. The smallest absolute Gasteiger partial charge is 0.275 e. The minimum Gasteiger partial charge on any atom is -0.283 e. The predicted octanol–water partition coefficient (Wildman–Crippen LogP) is 2.90. The van der Waals surface area contributed by atoms with Crippen LogP contribution in [0, 0.1) is 0 Å². The Bertz CT molecular complexity index is 1310. The highest BCUT2D eigenvalue weighted by Crippen LogP contribution is 2.22. The highest BCUT2D eigenvalue weighted by atomic mass is 32.2. The number of fused-ring (bicyclic) bond motifs is 2. The molecule has 0 spiro atoms. The summed E-state index contributed by atoms with van der Waals surface area (Å²) in [7, 11) is 0. The molecule has 0 atom stereocenters. The summed E-state index contributed by atoms with van der Waals surface area (Å²) < 4.78 is 2.92. The number of nitrogens with zero attached hydrogens (tertiary/aromatic N) is 5. The van der Waals surface area contributed by atoms with E-state index in [1.807, 2.05) is 25.1 Å². The fourth-order valence-electron chi connectivity index (χ4n) is 2.80. The van der Waals surface area contributed by atoms with Crippen molar-refractivity contribution in [1.82, 2.24) is 24.1 Å². The molecule has 0 aliphatic heterocycles. The second kappa shape index (κ2) is 7.69. The third-order valence-corrected chi connectivity index (χ3v) is 6.19. The summed E-state index contributed by atoms with van der Waals surface area (Å²) in [5, 5.41) is 6.27. The van der Waals surface area contributed by atoms with Crippen molar-refractivity contribution in [1.29, 1.82) is 0 Å². The molecule has 0 radical (unpaired) electrons. The molecule has 0 amide bonds. The number of allylic oxidation sites excluding steroid dienone is 1. The third-order valence-electron chi connectivity index (χ3n) is 4.13. The zero-order valence-corrected chi connectivity index (χ0v) is 16.8. The Morgan fingerprint density at radius 2 is 2.07 bits per heavy atom. The molecule has 0 saturated heterocycles. The summed E-state index contributed by atoms with van der Waals surface area (Å²) >= 11 is 2.79. The quantitative estimate of drug-likeness (QED) is 0.276. The van der Waals surface area contributed by atoms with Crippen molar-refractivity contribution in [3.63, 3.8) is 0 Å². The van der Waals surface area contributed by atoms with Gasteiger partial charge in [-0.3, -0.25) is 14.2 Å². The lowest BCUT2D eigenvalue weighted by atomic mass is 10.2. The molecule has 3 heterocycles. The first kappa shape index (κ1) is 18.6. The number of aryl methyl sites for hydroxylation is 1. The molecule has 3 aromatic heterocycles. The molecule has 1 aromatic carbocycles. The zero-order chi connectivity index (χ0) is 19.7. The van der Waals surface area contributed by atoms with Gasteiger partial charge in [0, 0.05) is 18.4 Å². The third kappa shape index (κ3) is 3.38. The van der Waals surface area contributed by atoms with E-state index in [-0.39, 0.29) is 11.1 Å². The lowest BCUT2D eigenvalue weighted by Gasteiger charge is -2.11. The van der Waals surface area contributed by atoms with Crippen molar-refractivity contribution in [3.05, 3.63) is 74.4 Å². The van der Waals surface area contributed by atoms with E-state index in [0.29, 0.717) is 39.0 Å². The van der Waals surface area contributed by atoms with Crippen LogP contribution < -0.4 is 11.1 Å². The van der Waals surface area contributed by atoms with E-state index in [1.54, 1.807) is 16.7 Å².